The SMILES string of the molecule is Cc1cccc([Si]c2c(C)ccc(C)c2C=CC=O)c1C. The lowest BCUT2D eigenvalue weighted by Gasteiger charge is -2.14. The fraction of sp³-hybridized carbons (Fsp3) is 0.211. The molecular formula is C19H20OSi. The molecule has 0 aliphatic carbocycles. The maximum absolute atomic E-state index is 10.7. The third-order valence-electron chi connectivity index (χ3n) is 3.88. The molecule has 0 saturated heterocycles. The number of aldehydes is 1. The molecule has 0 aromatic heterocycles. The van der Waals surface area contributed by atoms with Gasteiger partial charge >= 0.3 is 0 Å². The second-order valence-electron chi connectivity index (χ2n) is 5.36. The first-order chi connectivity index (χ1) is 10.0. The lowest BCUT2D eigenvalue weighted by atomic mass is 10.0. The summed E-state index contributed by atoms with van der Waals surface area (Å²) >= 11 is 0. The molecule has 0 amide bonds. The van der Waals surface area contributed by atoms with Crippen molar-refractivity contribution in [2.45, 2.75) is 27.7 Å². The normalized spacial score (nSPS) is 11.0. The van der Waals surface area contributed by atoms with Gasteiger partial charge in [0.25, 0.3) is 0 Å². The zero-order valence-electron chi connectivity index (χ0n) is 13.0. The minimum absolute atomic E-state index is 0.610. The van der Waals surface area contributed by atoms with Crippen molar-refractivity contribution in [3.05, 3.63) is 64.2 Å². The summed E-state index contributed by atoms with van der Waals surface area (Å²) in [7, 11) is 0.610. The maximum Gasteiger partial charge on any atom is 0.142 e. The minimum Gasteiger partial charge on any atom is -0.299 e. The molecular weight excluding hydrogens is 272 g/mol. The van der Waals surface area contributed by atoms with Crippen LogP contribution >= 0.6 is 0 Å². The predicted octanol–water partition coefficient (Wildman–Crippen LogP) is 2.79. The van der Waals surface area contributed by atoms with E-state index < -0.39 is 0 Å². The standard InChI is InChI=1S/C19H20OSi/c1-13-7-5-9-18(16(13)4)21-19-15(3)11-10-14(2)17(19)8-6-12-20/h5-12H,1-4H3. The van der Waals surface area contributed by atoms with Crippen LogP contribution in [0.2, 0.25) is 0 Å². The van der Waals surface area contributed by atoms with Gasteiger partial charge < -0.3 is 0 Å². The van der Waals surface area contributed by atoms with Crippen molar-refractivity contribution < 1.29 is 4.79 Å². The molecule has 0 spiro atoms. The Morgan fingerprint density at radius 2 is 1.62 bits per heavy atom. The fourth-order valence-electron chi connectivity index (χ4n) is 2.37. The van der Waals surface area contributed by atoms with Gasteiger partial charge in [-0.2, -0.15) is 0 Å². The van der Waals surface area contributed by atoms with Crippen LogP contribution in [-0.2, 0) is 4.79 Å². The monoisotopic (exact) mass is 292 g/mol. The molecule has 0 N–H and O–H groups in total. The minimum atomic E-state index is 0.610. The number of benzene rings is 2. The van der Waals surface area contributed by atoms with Crippen molar-refractivity contribution in [2.75, 3.05) is 0 Å². The van der Waals surface area contributed by atoms with E-state index in [0.29, 0.717) is 9.52 Å². The van der Waals surface area contributed by atoms with E-state index in [9.17, 15) is 4.79 Å². The Labute approximate surface area is 129 Å². The van der Waals surface area contributed by atoms with E-state index in [1.165, 1.54) is 38.2 Å². The topological polar surface area (TPSA) is 17.1 Å². The van der Waals surface area contributed by atoms with Crippen LogP contribution in [0.1, 0.15) is 27.8 Å². The van der Waals surface area contributed by atoms with E-state index in [1.807, 2.05) is 6.08 Å². The van der Waals surface area contributed by atoms with Gasteiger partial charge in [0.1, 0.15) is 15.8 Å². The lowest BCUT2D eigenvalue weighted by Crippen LogP contribution is -2.33. The van der Waals surface area contributed by atoms with Gasteiger partial charge in [-0.3, -0.25) is 4.79 Å². The molecule has 1 nitrogen and oxygen atoms in total. The molecule has 0 aliphatic rings. The quantitative estimate of drug-likeness (QED) is 0.481. The summed E-state index contributed by atoms with van der Waals surface area (Å²) in [6, 6.07) is 10.8. The van der Waals surface area contributed by atoms with Gasteiger partial charge in [0.2, 0.25) is 0 Å². The molecule has 0 aliphatic heterocycles. The third-order valence-corrected chi connectivity index (χ3v) is 5.60. The van der Waals surface area contributed by atoms with E-state index in [2.05, 4.69) is 58.0 Å². The molecule has 2 aromatic rings. The molecule has 2 rings (SSSR count). The first-order valence-electron chi connectivity index (χ1n) is 7.10. The highest BCUT2D eigenvalue weighted by Gasteiger charge is 2.11. The van der Waals surface area contributed by atoms with Gasteiger partial charge in [-0.1, -0.05) is 47.2 Å². The number of carbonyl (C=O) groups excluding carboxylic acids is 1. The number of allylic oxidation sites excluding steroid dienone is 1. The van der Waals surface area contributed by atoms with E-state index in [-0.39, 0.29) is 0 Å². The first-order valence-corrected chi connectivity index (χ1v) is 8.10. The summed E-state index contributed by atoms with van der Waals surface area (Å²) in [5.74, 6) is 0. The van der Waals surface area contributed by atoms with Crippen molar-refractivity contribution in [1.82, 2.24) is 0 Å². The second-order valence-corrected chi connectivity index (χ2v) is 6.64. The van der Waals surface area contributed by atoms with Gasteiger partial charge in [0, 0.05) is 0 Å². The zero-order valence-corrected chi connectivity index (χ0v) is 14.0. The Morgan fingerprint density at radius 1 is 0.905 bits per heavy atom. The van der Waals surface area contributed by atoms with E-state index in [0.717, 1.165) is 6.29 Å². The van der Waals surface area contributed by atoms with Crippen LogP contribution < -0.4 is 10.4 Å². The Hall–Kier alpha value is -1.93. The van der Waals surface area contributed by atoms with Gasteiger partial charge in [-0.05, 0) is 61.2 Å². The van der Waals surface area contributed by atoms with Gasteiger partial charge in [0.05, 0.1) is 0 Å². The van der Waals surface area contributed by atoms with Crippen LogP contribution in [-0.4, -0.2) is 15.8 Å². The van der Waals surface area contributed by atoms with E-state index >= 15 is 0 Å². The van der Waals surface area contributed by atoms with Crippen molar-refractivity contribution >= 4 is 32.3 Å². The fourth-order valence-corrected chi connectivity index (χ4v) is 3.90. The average Bonchev–Trinajstić information content (AvgIpc) is 2.47. The number of aryl methyl sites for hydroxylation is 3. The molecule has 21 heavy (non-hydrogen) atoms. The summed E-state index contributed by atoms with van der Waals surface area (Å²) in [5.41, 5.74) is 6.37. The summed E-state index contributed by atoms with van der Waals surface area (Å²) in [6.45, 7) is 8.58. The second kappa shape index (κ2) is 6.68. The van der Waals surface area contributed by atoms with Crippen LogP contribution in [0.4, 0.5) is 0 Å². The molecule has 0 saturated carbocycles. The highest BCUT2D eigenvalue weighted by molar-refractivity contribution is 6.69. The summed E-state index contributed by atoms with van der Waals surface area (Å²) in [6.07, 6.45) is 4.36. The Bertz CT molecular complexity index is 699. The molecule has 2 radical (unpaired) electrons. The number of carbonyl (C=O) groups is 1. The molecule has 0 atom stereocenters. The molecule has 2 heteroatoms. The van der Waals surface area contributed by atoms with Crippen molar-refractivity contribution in [3.8, 4) is 0 Å². The molecule has 0 fully saturated rings. The molecule has 0 heterocycles. The predicted molar refractivity (Wildman–Crippen MR) is 92.0 cm³/mol. The van der Waals surface area contributed by atoms with Crippen molar-refractivity contribution in [2.24, 2.45) is 0 Å². The van der Waals surface area contributed by atoms with Gasteiger partial charge in [-0.25, -0.2) is 0 Å². The Morgan fingerprint density at radius 3 is 2.33 bits per heavy atom. The molecule has 0 unspecified atom stereocenters. The number of hydrogen-bond acceptors (Lipinski definition) is 1. The Balaban J connectivity index is 2.53. The summed E-state index contributed by atoms with van der Waals surface area (Å²) in [5, 5.41) is 2.71. The lowest BCUT2D eigenvalue weighted by molar-refractivity contribution is -0.104. The largest absolute Gasteiger partial charge is 0.299 e. The average molecular weight is 292 g/mol. The summed E-state index contributed by atoms with van der Waals surface area (Å²) < 4.78 is 0. The van der Waals surface area contributed by atoms with Gasteiger partial charge in [-0.15, -0.1) is 0 Å². The van der Waals surface area contributed by atoms with Crippen LogP contribution in [0.5, 0.6) is 0 Å². The first kappa shape index (κ1) is 15.5. The van der Waals surface area contributed by atoms with E-state index in [1.54, 1.807) is 6.08 Å². The smallest absolute Gasteiger partial charge is 0.142 e. The number of rotatable bonds is 4. The highest BCUT2D eigenvalue weighted by Crippen LogP contribution is 2.11. The van der Waals surface area contributed by atoms with E-state index in [4.69, 9.17) is 0 Å². The van der Waals surface area contributed by atoms with Crippen molar-refractivity contribution in [1.29, 1.82) is 0 Å². The molecule has 106 valence electrons. The third kappa shape index (κ3) is 3.39. The summed E-state index contributed by atoms with van der Waals surface area (Å²) in [4.78, 5) is 10.7. The maximum atomic E-state index is 10.7. The Kier molecular flexibility index (Phi) is 4.92. The van der Waals surface area contributed by atoms with Crippen LogP contribution in [0.15, 0.2) is 36.4 Å². The molecule has 0 bridgehead atoms. The van der Waals surface area contributed by atoms with Crippen LogP contribution in [0.3, 0.4) is 0 Å². The van der Waals surface area contributed by atoms with Crippen LogP contribution in [0.25, 0.3) is 6.08 Å². The zero-order chi connectivity index (χ0) is 15.4. The molecule has 2 aromatic carbocycles. The highest BCUT2D eigenvalue weighted by atomic mass is 28.2. The van der Waals surface area contributed by atoms with Crippen molar-refractivity contribution in [3.63, 3.8) is 0 Å². The van der Waals surface area contributed by atoms with Crippen LogP contribution in [0, 0.1) is 27.7 Å². The van der Waals surface area contributed by atoms with Gasteiger partial charge in [0.15, 0.2) is 0 Å². The number of hydrogen-bond donors (Lipinski definition) is 0.